The molecule has 7 nitrogen and oxygen atoms in total. The van der Waals surface area contributed by atoms with Crippen LogP contribution in [-0.2, 0) is 0 Å². The first-order valence-corrected chi connectivity index (χ1v) is 10.6. The average molecular weight is 392 g/mol. The van der Waals surface area contributed by atoms with Gasteiger partial charge in [-0.1, -0.05) is 11.8 Å². The number of hydrogen-bond acceptors (Lipinski definition) is 8. The number of rotatable bonds is 4. The van der Waals surface area contributed by atoms with E-state index in [0.717, 1.165) is 44.6 Å². The Balaban J connectivity index is 1.76. The van der Waals surface area contributed by atoms with E-state index >= 15 is 0 Å². The van der Waals surface area contributed by atoms with Gasteiger partial charge in [0.15, 0.2) is 16.6 Å². The Morgan fingerprint density at radius 1 is 1.48 bits per heavy atom. The Bertz CT molecular complexity index is 946. The number of anilines is 2. The van der Waals surface area contributed by atoms with Gasteiger partial charge in [-0.15, -0.1) is 11.8 Å². The first-order valence-electron chi connectivity index (χ1n) is 7.67. The van der Waals surface area contributed by atoms with Crippen molar-refractivity contribution in [1.82, 2.24) is 24.1 Å². The zero-order valence-corrected chi connectivity index (χ0v) is 16.4. The Kier molecular flexibility index (Phi) is 4.57. The molecule has 0 radical (unpaired) electrons. The van der Waals surface area contributed by atoms with Crippen molar-refractivity contribution in [2.45, 2.75) is 17.2 Å². The van der Waals surface area contributed by atoms with Crippen LogP contribution in [0.5, 0.6) is 0 Å². The first kappa shape index (κ1) is 16.7. The number of fused-ring (bicyclic) bond motifs is 1. The van der Waals surface area contributed by atoms with Crippen LogP contribution >= 0.6 is 35.1 Å². The van der Waals surface area contributed by atoms with E-state index in [1.165, 1.54) is 11.5 Å². The van der Waals surface area contributed by atoms with Gasteiger partial charge in [0.1, 0.15) is 10.0 Å². The van der Waals surface area contributed by atoms with E-state index in [4.69, 9.17) is 4.98 Å². The molecule has 0 aromatic carbocycles. The smallest absolute Gasteiger partial charge is 0.180 e. The van der Waals surface area contributed by atoms with E-state index in [-0.39, 0.29) is 5.25 Å². The Labute approximate surface area is 157 Å². The van der Waals surface area contributed by atoms with Crippen molar-refractivity contribution in [1.29, 1.82) is 0 Å². The number of aromatic nitrogens is 4. The van der Waals surface area contributed by atoms with Crippen LogP contribution in [0.25, 0.3) is 5.65 Å². The molecule has 10 heteroatoms. The summed E-state index contributed by atoms with van der Waals surface area (Å²) >= 11 is 4.77. The summed E-state index contributed by atoms with van der Waals surface area (Å²) in [6, 6.07) is 2.01. The molecule has 4 rings (SSSR count). The third-order valence-corrected chi connectivity index (χ3v) is 6.46. The monoisotopic (exact) mass is 391 g/mol. The van der Waals surface area contributed by atoms with Gasteiger partial charge in [0.2, 0.25) is 0 Å². The molecule has 0 spiro atoms. The van der Waals surface area contributed by atoms with E-state index < -0.39 is 0 Å². The molecule has 4 heterocycles. The molecule has 1 aliphatic heterocycles. The number of thioether (sulfide) groups is 2. The lowest BCUT2D eigenvalue weighted by Crippen LogP contribution is -2.14. The molecule has 2 N–H and O–H groups in total. The van der Waals surface area contributed by atoms with Gasteiger partial charge in [0, 0.05) is 19.8 Å². The maximum Gasteiger partial charge on any atom is 0.180 e. The minimum absolute atomic E-state index is 0.282. The van der Waals surface area contributed by atoms with E-state index in [1.54, 1.807) is 30.6 Å². The fourth-order valence-corrected chi connectivity index (χ4v) is 4.70. The highest BCUT2D eigenvalue weighted by Gasteiger charge is 2.26. The van der Waals surface area contributed by atoms with Crippen LogP contribution in [0, 0.1) is 6.92 Å². The molecule has 130 valence electrons. The summed E-state index contributed by atoms with van der Waals surface area (Å²) in [6.07, 6.45) is 6.01. The van der Waals surface area contributed by atoms with Gasteiger partial charge >= 0.3 is 0 Å². The molecule has 1 aliphatic rings. The molecule has 1 fully saturated rings. The van der Waals surface area contributed by atoms with Crippen LogP contribution in [0.4, 0.5) is 10.8 Å². The third-order valence-electron chi connectivity index (χ3n) is 3.80. The third kappa shape index (κ3) is 3.21. The summed E-state index contributed by atoms with van der Waals surface area (Å²) in [5.41, 5.74) is 2.96. The van der Waals surface area contributed by atoms with E-state index in [2.05, 4.69) is 29.4 Å². The van der Waals surface area contributed by atoms with Crippen molar-refractivity contribution < 1.29 is 0 Å². The van der Waals surface area contributed by atoms with Crippen molar-refractivity contribution in [3.63, 3.8) is 0 Å². The second kappa shape index (κ2) is 6.85. The van der Waals surface area contributed by atoms with Gasteiger partial charge in [0.25, 0.3) is 0 Å². The normalized spacial score (nSPS) is 18.8. The van der Waals surface area contributed by atoms with Crippen LogP contribution in [0.2, 0.25) is 0 Å². The average Bonchev–Trinajstić information content (AvgIpc) is 3.33. The molecule has 0 amide bonds. The summed E-state index contributed by atoms with van der Waals surface area (Å²) in [6.45, 7) is 2.83. The van der Waals surface area contributed by atoms with Gasteiger partial charge < -0.3 is 10.6 Å². The summed E-state index contributed by atoms with van der Waals surface area (Å²) in [4.78, 5) is 13.6. The summed E-state index contributed by atoms with van der Waals surface area (Å²) < 4.78 is 6.45. The second-order valence-corrected chi connectivity index (χ2v) is 8.31. The zero-order valence-electron chi connectivity index (χ0n) is 14.0. The number of imidazole rings is 1. The fourth-order valence-electron chi connectivity index (χ4n) is 2.64. The molecule has 1 saturated heterocycles. The van der Waals surface area contributed by atoms with Crippen LogP contribution in [0.3, 0.4) is 0 Å². The summed E-state index contributed by atoms with van der Waals surface area (Å²) in [5.74, 6) is 0.752. The highest BCUT2D eigenvalue weighted by Crippen LogP contribution is 2.35. The molecule has 1 unspecified atom stereocenters. The van der Waals surface area contributed by atoms with E-state index in [1.807, 2.05) is 31.6 Å². The SMILES string of the molecule is CN=C1NCC(c2cnc3c(Nc4cc(C)ns4)nc(SC)cn23)S1. The maximum atomic E-state index is 4.70. The lowest BCUT2D eigenvalue weighted by atomic mass is 10.3. The highest BCUT2D eigenvalue weighted by atomic mass is 32.2. The van der Waals surface area contributed by atoms with Gasteiger partial charge in [-0.2, -0.15) is 4.37 Å². The number of aryl methyl sites for hydroxylation is 1. The fraction of sp³-hybridized carbons (Fsp3) is 0.333. The lowest BCUT2D eigenvalue weighted by Gasteiger charge is -2.10. The van der Waals surface area contributed by atoms with Crippen LogP contribution in [0.1, 0.15) is 16.6 Å². The molecule has 25 heavy (non-hydrogen) atoms. The van der Waals surface area contributed by atoms with Gasteiger partial charge in [-0.3, -0.25) is 9.39 Å². The number of hydrogen-bond donors (Lipinski definition) is 2. The van der Waals surface area contributed by atoms with Crippen LogP contribution < -0.4 is 10.6 Å². The van der Waals surface area contributed by atoms with Gasteiger partial charge in [-0.25, -0.2) is 9.97 Å². The van der Waals surface area contributed by atoms with Crippen molar-refractivity contribution in [2.75, 3.05) is 25.2 Å². The zero-order chi connectivity index (χ0) is 17.4. The highest BCUT2D eigenvalue weighted by molar-refractivity contribution is 8.14. The van der Waals surface area contributed by atoms with E-state index in [0.29, 0.717) is 0 Å². The predicted octanol–water partition coefficient (Wildman–Crippen LogP) is 3.32. The number of nitrogens with zero attached hydrogens (tertiary/aromatic N) is 5. The van der Waals surface area contributed by atoms with E-state index in [9.17, 15) is 0 Å². The molecule has 3 aromatic heterocycles. The minimum atomic E-state index is 0.282. The molecule has 3 aromatic rings. The quantitative estimate of drug-likeness (QED) is 0.660. The topological polar surface area (TPSA) is 79.5 Å². The Morgan fingerprint density at radius 2 is 2.36 bits per heavy atom. The molecule has 0 bridgehead atoms. The van der Waals surface area contributed by atoms with Crippen molar-refractivity contribution in [3.05, 3.63) is 29.8 Å². The van der Waals surface area contributed by atoms with Gasteiger partial charge in [0.05, 0.1) is 22.8 Å². The molecule has 1 atom stereocenters. The molecular weight excluding hydrogens is 374 g/mol. The lowest BCUT2D eigenvalue weighted by molar-refractivity contribution is 0.835. The van der Waals surface area contributed by atoms with Crippen LogP contribution in [0.15, 0.2) is 28.5 Å². The predicted molar refractivity (Wildman–Crippen MR) is 107 cm³/mol. The molecule has 0 saturated carbocycles. The Morgan fingerprint density at radius 3 is 3.04 bits per heavy atom. The van der Waals surface area contributed by atoms with Crippen LogP contribution in [-0.4, -0.2) is 43.8 Å². The van der Waals surface area contributed by atoms with Gasteiger partial charge in [-0.05, 0) is 30.8 Å². The van der Waals surface area contributed by atoms with Crippen molar-refractivity contribution in [2.24, 2.45) is 4.99 Å². The molecular formula is C15H17N7S3. The largest absolute Gasteiger partial charge is 0.363 e. The summed E-state index contributed by atoms with van der Waals surface area (Å²) in [5, 5.41) is 9.85. The number of amidine groups is 1. The molecule has 0 aliphatic carbocycles. The van der Waals surface area contributed by atoms with Crippen molar-refractivity contribution >= 4 is 56.7 Å². The Hall–Kier alpha value is -1.78. The minimum Gasteiger partial charge on any atom is -0.363 e. The standard InChI is InChI=1S/C15H17N7S3/c1-8-4-11(25-21-8)19-13-14-17-5-9(10-6-18-15(16-2)24-10)22(14)7-12(20-13)23-3/h4-5,7,10H,6H2,1-3H3,(H,16,18)(H,19,20). The second-order valence-electron chi connectivity index (χ2n) is 5.48. The van der Waals surface area contributed by atoms with Crippen molar-refractivity contribution in [3.8, 4) is 0 Å². The summed E-state index contributed by atoms with van der Waals surface area (Å²) in [7, 11) is 1.81. The maximum absolute atomic E-state index is 4.70. The number of aliphatic imine (C=N–C) groups is 1. The first-order chi connectivity index (χ1) is 12.2. The number of nitrogens with one attached hydrogen (secondary N) is 2.